The summed E-state index contributed by atoms with van der Waals surface area (Å²) in [5.41, 5.74) is 0.451. The SMILES string of the molecule is C=C(C)C(=O)OCC.CCOCC.OCCO. The molecule has 2 N–H and O–H groups in total. The van der Waals surface area contributed by atoms with Gasteiger partial charge in [0.05, 0.1) is 19.8 Å². The lowest BCUT2D eigenvalue weighted by Crippen LogP contribution is -2.03. The van der Waals surface area contributed by atoms with E-state index in [1.165, 1.54) is 0 Å². The first kappa shape index (κ1) is 21.4. The van der Waals surface area contributed by atoms with E-state index in [-0.39, 0.29) is 19.2 Å². The van der Waals surface area contributed by atoms with Gasteiger partial charge in [-0.05, 0) is 27.7 Å². The number of rotatable bonds is 5. The zero-order valence-electron chi connectivity index (χ0n) is 11.4. The molecule has 104 valence electrons. The Bertz CT molecular complexity index is 164. The summed E-state index contributed by atoms with van der Waals surface area (Å²) in [6.07, 6.45) is 0. The summed E-state index contributed by atoms with van der Waals surface area (Å²) in [4.78, 5) is 10.4. The van der Waals surface area contributed by atoms with E-state index in [0.29, 0.717) is 12.2 Å². The fourth-order valence-electron chi connectivity index (χ4n) is 0.458. The minimum Gasteiger partial charge on any atom is -0.463 e. The monoisotopic (exact) mass is 250 g/mol. The van der Waals surface area contributed by atoms with E-state index in [0.717, 1.165) is 13.2 Å². The highest BCUT2D eigenvalue weighted by Gasteiger charge is 1.98. The molecule has 0 radical (unpaired) electrons. The molecular formula is C12H26O5. The third-order valence-corrected chi connectivity index (χ3v) is 1.13. The van der Waals surface area contributed by atoms with Crippen molar-refractivity contribution >= 4 is 5.97 Å². The minimum absolute atomic E-state index is 0.125. The maximum Gasteiger partial charge on any atom is 0.333 e. The summed E-state index contributed by atoms with van der Waals surface area (Å²) in [5.74, 6) is -0.312. The van der Waals surface area contributed by atoms with Gasteiger partial charge in [-0.2, -0.15) is 0 Å². The van der Waals surface area contributed by atoms with Crippen LogP contribution in [0.5, 0.6) is 0 Å². The van der Waals surface area contributed by atoms with Gasteiger partial charge in [-0.3, -0.25) is 0 Å². The molecule has 0 bridgehead atoms. The maximum atomic E-state index is 10.4. The van der Waals surface area contributed by atoms with Gasteiger partial charge in [-0.25, -0.2) is 4.79 Å². The number of hydrogen-bond acceptors (Lipinski definition) is 5. The van der Waals surface area contributed by atoms with E-state index in [4.69, 9.17) is 14.9 Å². The molecule has 0 aromatic heterocycles. The van der Waals surface area contributed by atoms with Crippen LogP contribution in [0.3, 0.4) is 0 Å². The molecule has 0 heterocycles. The lowest BCUT2D eigenvalue weighted by atomic mass is 10.4. The molecule has 0 amide bonds. The molecule has 0 aliphatic rings. The van der Waals surface area contributed by atoms with Crippen LogP contribution in [0.15, 0.2) is 12.2 Å². The molecule has 17 heavy (non-hydrogen) atoms. The Morgan fingerprint density at radius 2 is 1.47 bits per heavy atom. The molecule has 0 aliphatic carbocycles. The van der Waals surface area contributed by atoms with E-state index < -0.39 is 0 Å². The second-order valence-electron chi connectivity index (χ2n) is 2.73. The van der Waals surface area contributed by atoms with Crippen molar-refractivity contribution in [2.75, 3.05) is 33.0 Å². The number of esters is 1. The van der Waals surface area contributed by atoms with Crippen LogP contribution in [0.1, 0.15) is 27.7 Å². The van der Waals surface area contributed by atoms with Crippen LogP contribution in [0.4, 0.5) is 0 Å². The van der Waals surface area contributed by atoms with Gasteiger partial charge < -0.3 is 19.7 Å². The lowest BCUT2D eigenvalue weighted by Gasteiger charge is -1.96. The van der Waals surface area contributed by atoms with E-state index in [2.05, 4.69) is 11.3 Å². The zero-order chi connectivity index (χ0) is 14.1. The van der Waals surface area contributed by atoms with Crippen LogP contribution >= 0.6 is 0 Å². The maximum absolute atomic E-state index is 10.4. The highest BCUT2D eigenvalue weighted by Crippen LogP contribution is 1.89. The summed E-state index contributed by atoms with van der Waals surface area (Å²) in [6.45, 7) is 12.6. The van der Waals surface area contributed by atoms with Gasteiger partial charge in [-0.1, -0.05) is 6.58 Å². The van der Waals surface area contributed by atoms with Gasteiger partial charge in [0.25, 0.3) is 0 Å². The number of carbonyl (C=O) groups excluding carboxylic acids is 1. The largest absolute Gasteiger partial charge is 0.463 e. The summed E-state index contributed by atoms with van der Waals surface area (Å²) in [5, 5.41) is 15.2. The molecule has 0 aromatic rings. The molecule has 5 nitrogen and oxygen atoms in total. The van der Waals surface area contributed by atoms with E-state index in [1.807, 2.05) is 13.8 Å². The zero-order valence-corrected chi connectivity index (χ0v) is 11.4. The Balaban J connectivity index is -0.000000188. The van der Waals surface area contributed by atoms with Crippen molar-refractivity contribution in [2.45, 2.75) is 27.7 Å². The third kappa shape index (κ3) is 31.3. The quantitative estimate of drug-likeness (QED) is 0.565. The Morgan fingerprint density at radius 1 is 1.06 bits per heavy atom. The molecule has 0 spiro atoms. The average Bonchev–Trinajstić information content (AvgIpc) is 2.31. The van der Waals surface area contributed by atoms with Crippen LogP contribution in [0.2, 0.25) is 0 Å². The van der Waals surface area contributed by atoms with Crippen molar-refractivity contribution in [1.82, 2.24) is 0 Å². The molecular weight excluding hydrogens is 224 g/mol. The summed E-state index contributed by atoms with van der Waals surface area (Å²) in [6, 6.07) is 0. The van der Waals surface area contributed by atoms with Gasteiger partial charge >= 0.3 is 5.97 Å². The Kier molecular flexibility index (Phi) is 25.8. The topological polar surface area (TPSA) is 76.0 Å². The number of ether oxygens (including phenoxy) is 2. The molecule has 0 unspecified atom stereocenters. The summed E-state index contributed by atoms with van der Waals surface area (Å²) < 4.78 is 9.40. The van der Waals surface area contributed by atoms with Crippen molar-refractivity contribution in [2.24, 2.45) is 0 Å². The summed E-state index contributed by atoms with van der Waals surface area (Å²) >= 11 is 0. The van der Waals surface area contributed by atoms with Crippen molar-refractivity contribution in [3.8, 4) is 0 Å². The Labute approximate surface area is 104 Å². The first-order valence-electron chi connectivity index (χ1n) is 5.63. The van der Waals surface area contributed by atoms with Crippen LogP contribution in [0.25, 0.3) is 0 Å². The van der Waals surface area contributed by atoms with Crippen LogP contribution in [-0.4, -0.2) is 49.2 Å². The molecule has 0 saturated heterocycles. The Morgan fingerprint density at radius 3 is 1.53 bits per heavy atom. The van der Waals surface area contributed by atoms with E-state index >= 15 is 0 Å². The molecule has 5 heteroatoms. The molecule has 0 rings (SSSR count). The predicted octanol–water partition coefficient (Wildman–Crippen LogP) is 1.14. The fraction of sp³-hybridized carbons (Fsp3) is 0.750. The van der Waals surface area contributed by atoms with E-state index in [1.54, 1.807) is 13.8 Å². The molecule has 0 fully saturated rings. The van der Waals surface area contributed by atoms with Crippen molar-refractivity contribution in [1.29, 1.82) is 0 Å². The van der Waals surface area contributed by atoms with Crippen molar-refractivity contribution in [3.63, 3.8) is 0 Å². The highest BCUT2D eigenvalue weighted by molar-refractivity contribution is 5.86. The smallest absolute Gasteiger partial charge is 0.333 e. The molecule has 0 aromatic carbocycles. The molecule has 0 saturated carbocycles. The number of aliphatic hydroxyl groups is 2. The molecule has 0 aliphatic heterocycles. The van der Waals surface area contributed by atoms with Gasteiger partial charge in [0.15, 0.2) is 0 Å². The van der Waals surface area contributed by atoms with Gasteiger partial charge in [0, 0.05) is 18.8 Å². The standard InChI is InChI=1S/C6H10O2.C4H10O.C2H6O2/c1-4-8-6(7)5(2)3;1-3-5-4-2;3-1-2-4/h2,4H2,1,3H3;3-4H2,1-2H3;3-4H,1-2H2. The third-order valence-electron chi connectivity index (χ3n) is 1.13. The second-order valence-corrected chi connectivity index (χ2v) is 2.73. The normalized spacial score (nSPS) is 8.12. The van der Waals surface area contributed by atoms with Gasteiger partial charge in [0.2, 0.25) is 0 Å². The number of carbonyl (C=O) groups is 1. The van der Waals surface area contributed by atoms with Crippen LogP contribution < -0.4 is 0 Å². The van der Waals surface area contributed by atoms with Crippen LogP contribution in [-0.2, 0) is 14.3 Å². The summed E-state index contributed by atoms with van der Waals surface area (Å²) in [7, 11) is 0. The second kappa shape index (κ2) is 20.5. The van der Waals surface area contributed by atoms with E-state index in [9.17, 15) is 4.79 Å². The van der Waals surface area contributed by atoms with Gasteiger partial charge in [0.1, 0.15) is 0 Å². The predicted molar refractivity (Wildman–Crippen MR) is 67.8 cm³/mol. The van der Waals surface area contributed by atoms with Crippen LogP contribution in [0, 0.1) is 0 Å². The Hall–Kier alpha value is -0.910. The highest BCUT2D eigenvalue weighted by atomic mass is 16.5. The first-order valence-corrected chi connectivity index (χ1v) is 5.63. The molecule has 0 atom stereocenters. The number of hydrogen-bond donors (Lipinski definition) is 2. The van der Waals surface area contributed by atoms with Gasteiger partial charge in [-0.15, -0.1) is 0 Å². The minimum atomic E-state index is -0.312. The fourth-order valence-corrected chi connectivity index (χ4v) is 0.458. The van der Waals surface area contributed by atoms with Crippen molar-refractivity contribution in [3.05, 3.63) is 12.2 Å². The average molecular weight is 250 g/mol. The van der Waals surface area contributed by atoms with Crippen molar-refractivity contribution < 1.29 is 24.5 Å². The number of aliphatic hydroxyl groups excluding tert-OH is 2. The first-order chi connectivity index (χ1) is 8.01. The lowest BCUT2D eigenvalue weighted by molar-refractivity contribution is -0.138.